The molecule has 3 aromatic carbocycles. The number of Topliss-reactive ketones (excluding diaryl/α,β-unsaturated/α-hetero) is 1. The van der Waals surface area contributed by atoms with Gasteiger partial charge in [0.2, 0.25) is 5.91 Å². The molecule has 7 heteroatoms. The van der Waals surface area contributed by atoms with Crippen LogP contribution in [0.15, 0.2) is 78.0 Å². The van der Waals surface area contributed by atoms with Gasteiger partial charge in [-0.15, -0.1) is 0 Å². The van der Waals surface area contributed by atoms with E-state index in [-0.39, 0.29) is 17.6 Å². The van der Waals surface area contributed by atoms with Crippen molar-refractivity contribution < 1.29 is 19.1 Å². The number of hydrogen-bond donors (Lipinski definition) is 1. The molecule has 0 spiro atoms. The van der Waals surface area contributed by atoms with Crippen molar-refractivity contribution in [2.24, 2.45) is 0 Å². The second-order valence-corrected chi connectivity index (χ2v) is 9.69. The maximum Gasteiger partial charge on any atom is 0.227 e. The van der Waals surface area contributed by atoms with Crippen molar-refractivity contribution in [3.05, 3.63) is 94.1 Å². The van der Waals surface area contributed by atoms with Crippen LogP contribution < -0.4 is 19.7 Å². The van der Waals surface area contributed by atoms with Gasteiger partial charge in [0, 0.05) is 29.1 Å². The van der Waals surface area contributed by atoms with Crippen molar-refractivity contribution in [1.82, 2.24) is 0 Å². The Labute approximate surface area is 221 Å². The number of allylic oxidation sites excluding steroid dienone is 1. The number of anilines is 2. The molecule has 1 aliphatic heterocycles. The molecule has 2 atom stereocenters. The van der Waals surface area contributed by atoms with Crippen LogP contribution >= 0.6 is 11.6 Å². The maximum absolute atomic E-state index is 14.0. The molecular formula is C30H29ClN2O4. The van der Waals surface area contributed by atoms with E-state index in [1.165, 1.54) is 0 Å². The highest BCUT2D eigenvalue weighted by atomic mass is 35.5. The molecule has 0 saturated heterocycles. The number of fused-ring (bicyclic) bond motifs is 1. The second-order valence-electron chi connectivity index (χ2n) is 9.25. The van der Waals surface area contributed by atoms with E-state index in [0.29, 0.717) is 41.4 Å². The first-order chi connectivity index (χ1) is 17.9. The zero-order valence-corrected chi connectivity index (χ0v) is 21.8. The SMILES string of the molecule is CCC(=O)N1c2ccccc2NC2=C(C(=O)CC(c3ccc(OC)c(OC)c3)C2)C1c1cccc(Cl)c1. The van der Waals surface area contributed by atoms with E-state index in [1.807, 2.05) is 67.6 Å². The Bertz CT molecular complexity index is 1400. The summed E-state index contributed by atoms with van der Waals surface area (Å²) in [5, 5.41) is 4.10. The van der Waals surface area contributed by atoms with Gasteiger partial charge in [0.15, 0.2) is 17.3 Å². The number of methoxy groups -OCH3 is 2. The van der Waals surface area contributed by atoms with E-state index in [0.717, 1.165) is 28.2 Å². The average molecular weight is 517 g/mol. The van der Waals surface area contributed by atoms with E-state index in [9.17, 15) is 9.59 Å². The zero-order valence-electron chi connectivity index (χ0n) is 21.1. The van der Waals surface area contributed by atoms with Crippen LogP contribution in [-0.2, 0) is 9.59 Å². The summed E-state index contributed by atoms with van der Waals surface area (Å²) in [4.78, 5) is 29.2. The fourth-order valence-electron chi connectivity index (χ4n) is 5.37. The van der Waals surface area contributed by atoms with Crippen LogP contribution in [0.3, 0.4) is 0 Å². The molecule has 2 aliphatic rings. The molecule has 190 valence electrons. The molecule has 0 aromatic heterocycles. The Morgan fingerprint density at radius 1 is 0.973 bits per heavy atom. The molecule has 1 heterocycles. The highest BCUT2D eigenvalue weighted by molar-refractivity contribution is 6.30. The van der Waals surface area contributed by atoms with Gasteiger partial charge in [-0.25, -0.2) is 0 Å². The number of rotatable bonds is 5. The van der Waals surface area contributed by atoms with Gasteiger partial charge in [-0.1, -0.05) is 48.9 Å². The lowest BCUT2D eigenvalue weighted by Crippen LogP contribution is -2.38. The van der Waals surface area contributed by atoms with Crippen LogP contribution in [0.2, 0.25) is 5.02 Å². The third-order valence-electron chi connectivity index (χ3n) is 7.10. The lowest BCUT2D eigenvalue weighted by molar-refractivity contribution is -0.119. The molecule has 0 bridgehead atoms. The number of carbonyl (C=O) groups excluding carboxylic acids is 2. The minimum Gasteiger partial charge on any atom is -0.493 e. The van der Waals surface area contributed by atoms with Crippen molar-refractivity contribution in [1.29, 1.82) is 0 Å². The number of hydrogen-bond acceptors (Lipinski definition) is 5. The van der Waals surface area contributed by atoms with Crippen LogP contribution in [0, 0.1) is 0 Å². The van der Waals surface area contributed by atoms with Crippen molar-refractivity contribution in [2.75, 3.05) is 24.4 Å². The highest BCUT2D eigenvalue weighted by Crippen LogP contribution is 2.48. The number of halogens is 1. The first kappa shape index (κ1) is 24.9. The quantitative estimate of drug-likeness (QED) is 0.410. The molecule has 6 nitrogen and oxygen atoms in total. The number of amides is 1. The molecule has 1 N–H and O–H groups in total. The van der Waals surface area contributed by atoms with Gasteiger partial charge in [0.25, 0.3) is 0 Å². The minimum absolute atomic E-state index is 0.000203. The van der Waals surface area contributed by atoms with E-state index < -0.39 is 6.04 Å². The Morgan fingerprint density at radius 3 is 2.49 bits per heavy atom. The normalized spacial score (nSPS) is 18.9. The van der Waals surface area contributed by atoms with E-state index in [1.54, 1.807) is 25.2 Å². The average Bonchev–Trinajstić information content (AvgIpc) is 3.06. The molecule has 5 rings (SSSR count). The molecule has 0 saturated carbocycles. The fourth-order valence-corrected chi connectivity index (χ4v) is 5.57. The third-order valence-corrected chi connectivity index (χ3v) is 7.34. The number of ketones is 1. The predicted molar refractivity (Wildman–Crippen MR) is 146 cm³/mol. The smallest absolute Gasteiger partial charge is 0.227 e. The monoisotopic (exact) mass is 516 g/mol. The Balaban J connectivity index is 1.67. The molecular weight excluding hydrogens is 488 g/mol. The van der Waals surface area contributed by atoms with Gasteiger partial charge >= 0.3 is 0 Å². The maximum atomic E-state index is 14.0. The molecule has 3 aromatic rings. The number of nitrogens with zero attached hydrogens (tertiary/aromatic N) is 1. The van der Waals surface area contributed by atoms with Gasteiger partial charge in [-0.2, -0.15) is 0 Å². The van der Waals surface area contributed by atoms with Crippen LogP contribution in [0.5, 0.6) is 11.5 Å². The third kappa shape index (κ3) is 4.58. The highest BCUT2D eigenvalue weighted by Gasteiger charge is 2.41. The summed E-state index contributed by atoms with van der Waals surface area (Å²) in [6.07, 6.45) is 1.23. The molecule has 2 unspecified atom stereocenters. The first-order valence-electron chi connectivity index (χ1n) is 12.4. The molecule has 0 fully saturated rings. The zero-order chi connectivity index (χ0) is 26.1. The van der Waals surface area contributed by atoms with Crippen molar-refractivity contribution >= 4 is 34.7 Å². The van der Waals surface area contributed by atoms with Crippen LogP contribution in [-0.4, -0.2) is 25.9 Å². The van der Waals surface area contributed by atoms with Crippen LogP contribution in [0.4, 0.5) is 11.4 Å². The summed E-state index contributed by atoms with van der Waals surface area (Å²) in [7, 11) is 3.21. The fraction of sp³-hybridized carbons (Fsp3) is 0.267. The van der Waals surface area contributed by atoms with Crippen molar-refractivity contribution in [3.63, 3.8) is 0 Å². The first-order valence-corrected chi connectivity index (χ1v) is 12.7. The van der Waals surface area contributed by atoms with E-state index in [2.05, 4.69) is 5.32 Å². The summed E-state index contributed by atoms with van der Waals surface area (Å²) in [5.74, 6) is 1.15. The van der Waals surface area contributed by atoms with Crippen LogP contribution in [0.1, 0.15) is 49.3 Å². The summed E-state index contributed by atoms with van der Waals surface area (Å²) in [6.45, 7) is 1.84. The van der Waals surface area contributed by atoms with Gasteiger partial charge in [-0.05, 0) is 59.9 Å². The number of para-hydroxylation sites is 2. The number of carbonyl (C=O) groups is 2. The molecule has 0 radical (unpaired) electrons. The van der Waals surface area contributed by atoms with Crippen LogP contribution in [0.25, 0.3) is 0 Å². The molecule has 1 amide bonds. The number of ether oxygens (including phenoxy) is 2. The summed E-state index contributed by atoms with van der Waals surface area (Å²) >= 11 is 6.39. The Morgan fingerprint density at radius 2 is 1.76 bits per heavy atom. The Kier molecular flexibility index (Phi) is 6.94. The number of benzene rings is 3. The van der Waals surface area contributed by atoms with Gasteiger partial charge in [0.1, 0.15) is 0 Å². The largest absolute Gasteiger partial charge is 0.493 e. The van der Waals surface area contributed by atoms with E-state index >= 15 is 0 Å². The minimum atomic E-state index is -0.587. The van der Waals surface area contributed by atoms with Crippen molar-refractivity contribution in [3.8, 4) is 11.5 Å². The van der Waals surface area contributed by atoms with Gasteiger partial charge in [-0.3, -0.25) is 14.5 Å². The Hall–Kier alpha value is -3.77. The number of nitrogens with one attached hydrogen (secondary N) is 1. The predicted octanol–water partition coefficient (Wildman–Crippen LogP) is 6.67. The standard InChI is InChI=1S/C30H29ClN2O4/c1-4-28(35)33-24-11-6-5-10-22(24)32-23-15-20(18-12-13-26(36-2)27(17-18)37-3)16-25(34)29(23)30(33)19-8-7-9-21(31)14-19/h5-14,17,20,30,32H,4,15-16H2,1-3H3. The molecule has 1 aliphatic carbocycles. The van der Waals surface area contributed by atoms with Gasteiger partial charge in [0.05, 0.1) is 31.6 Å². The lowest BCUT2D eigenvalue weighted by Gasteiger charge is -2.35. The summed E-state index contributed by atoms with van der Waals surface area (Å²) in [6, 6.07) is 20.3. The summed E-state index contributed by atoms with van der Waals surface area (Å²) in [5.41, 5.74) is 4.76. The second kappa shape index (κ2) is 10.3. The molecule has 37 heavy (non-hydrogen) atoms. The lowest BCUT2D eigenvalue weighted by atomic mass is 9.78. The van der Waals surface area contributed by atoms with Crippen molar-refractivity contribution in [2.45, 2.75) is 38.1 Å². The topological polar surface area (TPSA) is 67.9 Å². The van der Waals surface area contributed by atoms with Gasteiger partial charge < -0.3 is 14.8 Å². The summed E-state index contributed by atoms with van der Waals surface area (Å²) < 4.78 is 10.9. The van der Waals surface area contributed by atoms with E-state index in [4.69, 9.17) is 21.1 Å².